The van der Waals surface area contributed by atoms with E-state index in [1.807, 2.05) is 7.05 Å². The number of rotatable bonds is 7. The molecule has 6 nitrogen and oxygen atoms in total. The summed E-state index contributed by atoms with van der Waals surface area (Å²) in [6.45, 7) is 0.803. The van der Waals surface area contributed by atoms with Crippen molar-refractivity contribution in [3.63, 3.8) is 0 Å². The second-order valence-corrected chi connectivity index (χ2v) is 8.85. The molecule has 0 bridgehead atoms. The number of sulfone groups is 1. The van der Waals surface area contributed by atoms with Crippen molar-refractivity contribution in [1.29, 1.82) is 0 Å². The third-order valence-electron chi connectivity index (χ3n) is 2.99. The molecule has 0 radical (unpaired) electrons. The summed E-state index contributed by atoms with van der Waals surface area (Å²) in [5.41, 5.74) is 0. The zero-order valence-electron chi connectivity index (χ0n) is 10.7. The van der Waals surface area contributed by atoms with E-state index in [9.17, 15) is 16.8 Å². The molecule has 0 aromatic carbocycles. The van der Waals surface area contributed by atoms with Crippen LogP contribution in [-0.4, -0.2) is 53.7 Å². The van der Waals surface area contributed by atoms with Gasteiger partial charge in [-0.3, -0.25) is 0 Å². The van der Waals surface area contributed by atoms with Gasteiger partial charge in [-0.2, -0.15) is 0 Å². The Hall–Kier alpha value is -0.180. The molecule has 8 heteroatoms. The van der Waals surface area contributed by atoms with Gasteiger partial charge in [-0.25, -0.2) is 21.6 Å². The lowest BCUT2D eigenvalue weighted by atomic mass is 10.2. The van der Waals surface area contributed by atoms with Crippen LogP contribution in [0.5, 0.6) is 0 Å². The minimum atomic E-state index is -3.27. The maximum Gasteiger partial charge on any atom is 0.211 e. The Balaban J connectivity index is 2.33. The summed E-state index contributed by atoms with van der Waals surface area (Å²) in [5, 5.41) is 2.96. The number of sulfonamides is 1. The van der Waals surface area contributed by atoms with Crippen molar-refractivity contribution in [2.75, 3.05) is 30.9 Å². The van der Waals surface area contributed by atoms with Crippen molar-refractivity contribution in [3.8, 4) is 0 Å². The molecule has 2 N–H and O–H groups in total. The van der Waals surface area contributed by atoms with Crippen molar-refractivity contribution >= 4 is 19.9 Å². The van der Waals surface area contributed by atoms with Crippen LogP contribution in [-0.2, 0) is 19.9 Å². The first-order valence-electron chi connectivity index (χ1n) is 6.20. The van der Waals surface area contributed by atoms with E-state index in [1.165, 1.54) is 0 Å². The highest BCUT2D eigenvalue weighted by atomic mass is 32.2. The van der Waals surface area contributed by atoms with Gasteiger partial charge in [-0.1, -0.05) is 0 Å². The summed E-state index contributed by atoms with van der Waals surface area (Å²) >= 11 is 0. The molecule has 1 rings (SSSR count). The van der Waals surface area contributed by atoms with Crippen LogP contribution in [0.3, 0.4) is 0 Å². The maximum absolute atomic E-state index is 11.7. The monoisotopic (exact) mass is 298 g/mol. The SMILES string of the molecule is CNCCCCS(=O)(=O)NC1CCS(=O)(=O)CC1. The number of hydrogen-bond acceptors (Lipinski definition) is 5. The van der Waals surface area contributed by atoms with E-state index in [0.29, 0.717) is 19.3 Å². The molecule has 0 aliphatic carbocycles. The predicted molar refractivity (Wildman–Crippen MR) is 71.8 cm³/mol. The molecule has 1 aliphatic rings. The number of hydrogen-bond donors (Lipinski definition) is 2. The molecule has 0 aromatic rings. The molecule has 1 fully saturated rings. The molecule has 0 atom stereocenters. The Morgan fingerprint density at radius 2 is 1.78 bits per heavy atom. The lowest BCUT2D eigenvalue weighted by Gasteiger charge is -2.22. The largest absolute Gasteiger partial charge is 0.320 e. The Labute approximate surface area is 110 Å². The van der Waals surface area contributed by atoms with E-state index in [0.717, 1.165) is 13.0 Å². The van der Waals surface area contributed by atoms with Gasteiger partial charge < -0.3 is 5.32 Å². The molecular formula is C10H22N2O4S2. The molecule has 1 heterocycles. The summed E-state index contributed by atoms with van der Waals surface area (Å²) in [6.07, 6.45) is 2.20. The fourth-order valence-electron chi connectivity index (χ4n) is 1.91. The van der Waals surface area contributed by atoms with Crippen LogP contribution < -0.4 is 10.0 Å². The predicted octanol–water partition coefficient (Wildman–Crippen LogP) is -0.517. The van der Waals surface area contributed by atoms with Gasteiger partial charge in [0.25, 0.3) is 0 Å². The van der Waals surface area contributed by atoms with Gasteiger partial charge in [0.05, 0.1) is 17.3 Å². The first kappa shape index (κ1) is 15.9. The molecule has 108 valence electrons. The normalized spacial score (nSPS) is 20.9. The summed E-state index contributed by atoms with van der Waals surface area (Å²) in [4.78, 5) is 0. The Morgan fingerprint density at radius 3 is 2.33 bits per heavy atom. The third kappa shape index (κ3) is 6.12. The van der Waals surface area contributed by atoms with Crippen molar-refractivity contribution < 1.29 is 16.8 Å². The van der Waals surface area contributed by atoms with Crippen LogP contribution in [0.4, 0.5) is 0 Å². The van der Waals surface area contributed by atoms with Gasteiger partial charge in [0.2, 0.25) is 10.0 Å². The van der Waals surface area contributed by atoms with Gasteiger partial charge in [-0.15, -0.1) is 0 Å². The first-order chi connectivity index (χ1) is 8.35. The maximum atomic E-state index is 11.7. The molecule has 18 heavy (non-hydrogen) atoms. The molecule has 0 amide bonds. The molecule has 0 spiro atoms. The summed E-state index contributed by atoms with van der Waals surface area (Å²) < 4.78 is 48.5. The zero-order chi connectivity index (χ0) is 13.6. The average Bonchev–Trinajstić information content (AvgIpc) is 2.27. The molecule has 0 aromatic heterocycles. The fraction of sp³-hybridized carbons (Fsp3) is 1.00. The topological polar surface area (TPSA) is 92.3 Å². The smallest absolute Gasteiger partial charge is 0.211 e. The lowest BCUT2D eigenvalue weighted by Crippen LogP contribution is -2.41. The van der Waals surface area contributed by atoms with E-state index < -0.39 is 19.9 Å². The molecule has 1 saturated heterocycles. The van der Waals surface area contributed by atoms with E-state index in [-0.39, 0.29) is 23.3 Å². The average molecular weight is 298 g/mol. The summed E-state index contributed by atoms with van der Waals surface area (Å²) in [6, 6.07) is -0.220. The highest BCUT2D eigenvalue weighted by molar-refractivity contribution is 7.91. The van der Waals surface area contributed by atoms with Gasteiger partial charge in [0.1, 0.15) is 9.84 Å². The van der Waals surface area contributed by atoms with E-state index in [1.54, 1.807) is 0 Å². The van der Waals surface area contributed by atoms with E-state index in [2.05, 4.69) is 10.0 Å². The molecule has 1 aliphatic heterocycles. The van der Waals surface area contributed by atoms with Gasteiger partial charge in [0, 0.05) is 6.04 Å². The van der Waals surface area contributed by atoms with Crippen LogP contribution in [0.15, 0.2) is 0 Å². The summed E-state index contributed by atoms with van der Waals surface area (Å²) in [5.74, 6) is 0.276. The number of nitrogens with one attached hydrogen (secondary N) is 2. The van der Waals surface area contributed by atoms with Crippen LogP contribution in [0.1, 0.15) is 25.7 Å². The second kappa shape index (κ2) is 6.83. The van der Waals surface area contributed by atoms with E-state index in [4.69, 9.17) is 0 Å². The van der Waals surface area contributed by atoms with Crippen LogP contribution in [0.2, 0.25) is 0 Å². The molecular weight excluding hydrogens is 276 g/mol. The zero-order valence-corrected chi connectivity index (χ0v) is 12.3. The molecule has 0 saturated carbocycles. The fourth-order valence-corrected chi connectivity index (χ4v) is 4.85. The van der Waals surface area contributed by atoms with Crippen LogP contribution in [0, 0.1) is 0 Å². The standard InChI is InChI=1S/C10H22N2O4S2/c1-11-6-2-3-7-18(15,16)12-10-4-8-17(13,14)9-5-10/h10-12H,2-9H2,1H3. The van der Waals surface area contributed by atoms with Crippen molar-refractivity contribution in [1.82, 2.24) is 10.0 Å². The van der Waals surface area contributed by atoms with Crippen molar-refractivity contribution in [3.05, 3.63) is 0 Å². The van der Waals surface area contributed by atoms with Crippen LogP contribution in [0.25, 0.3) is 0 Å². The van der Waals surface area contributed by atoms with Crippen molar-refractivity contribution in [2.45, 2.75) is 31.7 Å². The van der Waals surface area contributed by atoms with Gasteiger partial charge >= 0.3 is 0 Å². The van der Waals surface area contributed by atoms with Gasteiger partial charge in [0.15, 0.2) is 0 Å². The quantitative estimate of drug-likeness (QED) is 0.617. The third-order valence-corrected chi connectivity index (χ3v) is 6.22. The molecule has 0 unspecified atom stereocenters. The summed E-state index contributed by atoms with van der Waals surface area (Å²) in [7, 11) is -4.38. The Morgan fingerprint density at radius 1 is 1.17 bits per heavy atom. The first-order valence-corrected chi connectivity index (χ1v) is 9.67. The van der Waals surface area contributed by atoms with E-state index >= 15 is 0 Å². The van der Waals surface area contributed by atoms with Crippen molar-refractivity contribution in [2.24, 2.45) is 0 Å². The Bertz CT molecular complexity index is 430. The lowest BCUT2D eigenvalue weighted by molar-refractivity contribution is 0.504. The number of unbranched alkanes of at least 4 members (excludes halogenated alkanes) is 1. The van der Waals surface area contributed by atoms with Gasteiger partial charge in [-0.05, 0) is 39.3 Å². The minimum Gasteiger partial charge on any atom is -0.320 e. The highest BCUT2D eigenvalue weighted by Crippen LogP contribution is 2.13. The minimum absolute atomic E-state index is 0.0833. The Kier molecular flexibility index (Phi) is 6.03. The second-order valence-electron chi connectivity index (χ2n) is 4.67. The van der Waals surface area contributed by atoms with Crippen LogP contribution >= 0.6 is 0 Å². The highest BCUT2D eigenvalue weighted by Gasteiger charge is 2.26.